The van der Waals surface area contributed by atoms with E-state index in [1.807, 2.05) is 6.07 Å². The molecule has 1 saturated heterocycles. The Hall–Kier alpha value is -0.640. The van der Waals surface area contributed by atoms with Crippen molar-refractivity contribution in [1.82, 2.24) is 10.2 Å². The summed E-state index contributed by atoms with van der Waals surface area (Å²) in [5.74, 6) is 0.201. The van der Waals surface area contributed by atoms with E-state index in [2.05, 4.69) is 24.1 Å². The molecule has 1 aliphatic heterocycles. The quantitative estimate of drug-likeness (QED) is 0.888. The molecule has 1 heterocycles. The van der Waals surface area contributed by atoms with E-state index in [4.69, 9.17) is 11.6 Å². The van der Waals surface area contributed by atoms with Gasteiger partial charge in [0.05, 0.1) is 5.02 Å². The molecule has 0 spiro atoms. The minimum absolute atomic E-state index is 0.205. The van der Waals surface area contributed by atoms with Crippen molar-refractivity contribution >= 4 is 11.6 Å². The van der Waals surface area contributed by atoms with Crippen molar-refractivity contribution in [2.45, 2.75) is 32.7 Å². The Balaban J connectivity index is 2.26. The molecule has 1 aromatic rings. The van der Waals surface area contributed by atoms with Crippen molar-refractivity contribution in [1.29, 1.82) is 0 Å². The smallest absolute Gasteiger partial charge is 0.142 e. The summed E-state index contributed by atoms with van der Waals surface area (Å²) in [5, 5.41) is 3.58. The average molecular weight is 299 g/mol. The fourth-order valence-corrected chi connectivity index (χ4v) is 3.29. The van der Waals surface area contributed by atoms with Crippen LogP contribution in [0.2, 0.25) is 5.02 Å². The highest BCUT2D eigenvalue weighted by atomic mass is 35.5. The Morgan fingerprint density at radius 2 is 2.05 bits per heavy atom. The topological polar surface area (TPSA) is 15.3 Å². The average Bonchev–Trinajstić information content (AvgIpc) is 2.44. The van der Waals surface area contributed by atoms with Crippen LogP contribution in [0.4, 0.5) is 4.39 Å². The standard InChI is InChI=1S/C16H24ClFN2/c1-3-4-12(2)16(20-9-7-19-8-10-20)13-5-6-14(17)15(18)11-13/h5-6,11-12,16,19H,3-4,7-10H2,1-2H3/t12?,16-/m0/s1. The summed E-state index contributed by atoms with van der Waals surface area (Å²) in [6, 6.07) is 5.55. The van der Waals surface area contributed by atoms with Gasteiger partial charge in [-0.05, 0) is 30.0 Å². The van der Waals surface area contributed by atoms with Crippen LogP contribution in [0.15, 0.2) is 18.2 Å². The molecule has 4 heteroatoms. The Morgan fingerprint density at radius 1 is 1.35 bits per heavy atom. The minimum Gasteiger partial charge on any atom is -0.314 e. The number of halogens is 2. The molecule has 0 bridgehead atoms. The molecule has 20 heavy (non-hydrogen) atoms. The first kappa shape index (κ1) is 15.7. The van der Waals surface area contributed by atoms with E-state index in [-0.39, 0.29) is 16.9 Å². The third-order valence-corrected chi connectivity index (χ3v) is 4.42. The van der Waals surface area contributed by atoms with Gasteiger partial charge in [0.25, 0.3) is 0 Å². The van der Waals surface area contributed by atoms with Gasteiger partial charge in [0.2, 0.25) is 0 Å². The van der Waals surface area contributed by atoms with E-state index in [0.29, 0.717) is 5.92 Å². The second-order valence-electron chi connectivity index (χ2n) is 5.67. The summed E-state index contributed by atoms with van der Waals surface area (Å²) in [5.41, 5.74) is 1.05. The van der Waals surface area contributed by atoms with Gasteiger partial charge in [-0.15, -0.1) is 0 Å². The Labute approximate surface area is 126 Å². The molecule has 1 N–H and O–H groups in total. The molecule has 1 fully saturated rings. The lowest BCUT2D eigenvalue weighted by Gasteiger charge is -2.38. The lowest BCUT2D eigenvalue weighted by atomic mass is 9.89. The summed E-state index contributed by atoms with van der Waals surface area (Å²) in [6.07, 6.45) is 2.30. The molecule has 1 aromatic carbocycles. The van der Waals surface area contributed by atoms with Crippen LogP contribution in [0.5, 0.6) is 0 Å². The van der Waals surface area contributed by atoms with Crippen molar-refractivity contribution in [3.05, 3.63) is 34.6 Å². The Bertz CT molecular complexity index is 432. The maximum absolute atomic E-state index is 13.8. The van der Waals surface area contributed by atoms with Crippen molar-refractivity contribution in [3.63, 3.8) is 0 Å². The van der Waals surface area contributed by atoms with Crippen LogP contribution < -0.4 is 5.32 Å². The molecule has 0 saturated carbocycles. The second-order valence-corrected chi connectivity index (χ2v) is 6.08. The van der Waals surface area contributed by atoms with Crippen molar-refractivity contribution < 1.29 is 4.39 Å². The van der Waals surface area contributed by atoms with Crippen LogP contribution in [0.1, 0.15) is 38.3 Å². The van der Waals surface area contributed by atoms with E-state index in [1.165, 1.54) is 0 Å². The number of nitrogens with one attached hydrogen (secondary N) is 1. The van der Waals surface area contributed by atoms with E-state index in [0.717, 1.165) is 44.6 Å². The number of hydrogen-bond acceptors (Lipinski definition) is 2. The van der Waals surface area contributed by atoms with Crippen molar-refractivity contribution in [2.75, 3.05) is 26.2 Å². The summed E-state index contributed by atoms with van der Waals surface area (Å²) >= 11 is 5.81. The van der Waals surface area contributed by atoms with Crippen LogP contribution in [0, 0.1) is 11.7 Å². The molecule has 0 amide bonds. The normalized spacial score (nSPS) is 19.8. The van der Waals surface area contributed by atoms with Crippen LogP contribution in [-0.2, 0) is 0 Å². The van der Waals surface area contributed by atoms with Gasteiger partial charge in [0, 0.05) is 32.2 Å². The van der Waals surface area contributed by atoms with E-state index in [1.54, 1.807) is 12.1 Å². The van der Waals surface area contributed by atoms with Crippen LogP contribution >= 0.6 is 11.6 Å². The zero-order valence-electron chi connectivity index (χ0n) is 12.3. The highest BCUT2D eigenvalue weighted by Crippen LogP contribution is 2.33. The summed E-state index contributed by atoms with van der Waals surface area (Å²) in [6.45, 7) is 8.51. The van der Waals surface area contributed by atoms with Gasteiger partial charge in [-0.2, -0.15) is 0 Å². The Kier molecular flexibility index (Phi) is 5.82. The van der Waals surface area contributed by atoms with Crippen LogP contribution in [-0.4, -0.2) is 31.1 Å². The predicted molar refractivity (Wildman–Crippen MR) is 82.7 cm³/mol. The maximum Gasteiger partial charge on any atom is 0.142 e. The van der Waals surface area contributed by atoms with Crippen LogP contribution in [0.3, 0.4) is 0 Å². The summed E-state index contributed by atoms with van der Waals surface area (Å²) in [7, 11) is 0. The van der Waals surface area contributed by atoms with Gasteiger partial charge in [-0.3, -0.25) is 4.90 Å². The molecule has 0 aromatic heterocycles. The van der Waals surface area contributed by atoms with Gasteiger partial charge in [0.15, 0.2) is 0 Å². The fraction of sp³-hybridized carbons (Fsp3) is 0.625. The molecule has 0 aliphatic carbocycles. The summed E-state index contributed by atoms with van der Waals surface area (Å²) in [4.78, 5) is 2.47. The van der Waals surface area contributed by atoms with E-state index in [9.17, 15) is 4.39 Å². The van der Waals surface area contributed by atoms with Gasteiger partial charge in [-0.1, -0.05) is 37.9 Å². The molecule has 1 unspecified atom stereocenters. The number of nitrogens with zero attached hydrogens (tertiary/aromatic N) is 1. The Morgan fingerprint density at radius 3 is 2.65 bits per heavy atom. The fourth-order valence-electron chi connectivity index (χ4n) is 3.17. The minimum atomic E-state index is -0.312. The van der Waals surface area contributed by atoms with E-state index >= 15 is 0 Å². The molecule has 0 radical (unpaired) electrons. The first-order valence-electron chi connectivity index (χ1n) is 7.53. The van der Waals surface area contributed by atoms with Gasteiger partial charge >= 0.3 is 0 Å². The SMILES string of the molecule is CCCC(C)[C@@H](c1ccc(Cl)c(F)c1)N1CCNCC1. The molecular formula is C16H24ClFN2. The number of benzene rings is 1. The number of piperazine rings is 1. The lowest BCUT2D eigenvalue weighted by molar-refractivity contribution is 0.126. The van der Waals surface area contributed by atoms with Gasteiger partial charge in [0.1, 0.15) is 5.82 Å². The largest absolute Gasteiger partial charge is 0.314 e. The number of rotatable bonds is 5. The monoisotopic (exact) mass is 298 g/mol. The predicted octanol–water partition coefficient (Wildman–Crippen LogP) is 3.86. The highest BCUT2D eigenvalue weighted by Gasteiger charge is 2.27. The first-order valence-corrected chi connectivity index (χ1v) is 7.91. The van der Waals surface area contributed by atoms with Crippen LogP contribution in [0.25, 0.3) is 0 Å². The maximum atomic E-state index is 13.8. The third kappa shape index (κ3) is 3.72. The molecule has 112 valence electrons. The molecule has 1 aliphatic rings. The molecule has 2 rings (SSSR count). The molecular weight excluding hydrogens is 275 g/mol. The second kappa shape index (κ2) is 7.39. The van der Waals surface area contributed by atoms with Gasteiger partial charge < -0.3 is 5.32 Å². The molecule has 2 atom stereocenters. The van der Waals surface area contributed by atoms with Crippen molar-refractivity contribution in [2.24, 2.45) is 5.92 Å². The summed E-state index contributed by atoms with van der Waals surface area (Å²) < 4.78 is 13.8. The van der Waals surface area contributed by atoms with Crippen molar-refractivity contribution in [3.8, 4) is 0 Å². The lowest BCUT2D eigenvalue weighted by Crippen LogP contribution is -2.46. The highest BCUT2D eigenvalue weighted by molar-refractivity contribution is 6.30. The van der Waals surface area contributed by atoms with E-state index < -0.39 is 0 Å². The molecule has 2 nitrogen and oxygen atoms in total. The first-order chi connectivity index (χ1) is 9.63. The number of hydrogen-bond donors (Lipinski definition) is 1. The zero-order chi connectivity index (χ0) is 14.5. The van der Waals surface area contributed by atoms with Gasteiger partial charge in [-0.25, -0.2) is 4.39 Å². The zero-order valence-corrected chi connectivity index (χ0v) is 13.1. The third-order valence-electron chi connectivity index (χ3n) is 4.11.